The number of carbonyl (C=O) groups excluding carboxylic acids is 1. The Kier molecular flexibility index (Phi) is 3.19. The predicted molar refractivity (Wildman–Crippen MR) is 68.0 cm³/mol. The normalized spacial score (nSPS) is 16.1. The van der Waals surface area contributed by atoms with E-state index < -0.39 is 5.60 Å². The molecular weight excluding hydrogens is 232 g/mol. The molecule has 0 bridgehead atoms. The Morgan fingerprint density at radius 3 is 2.89 bits per heavy atom. The zero-order valence-electron chi connectivity index (χ0n) is 11.1. The number of rotatable bonds is 0. The molecule has 0 saturated heterocycles. The maximum atomic E-state index is 12.0. The number of fused-ring (bicyclic) bond motifs is 1. The van der Waals surface area contributed by atoms with Crippen LogP contribution >= 0.6 is 0 Å². The van der Waals surface area contributed by atoms with Gasteiger partial charge in [0.15, 0.2) is 0 Å². The van der Waals surface area contributed by atoms with Crippen molar-refractivity contribution in [3.05, 3.63) is 11.3 Å². The smallest absolute Gasteiger partial charge is 0.410 e. The van der Waals surface area contributed by atoms with Gasteiger partial charge in [-0.25, -0.2) is 4.79 Å². The van der Waals surface area contributed by atoms with Crippen LogP contribution in [-0.2, 0) is 17.7 Å². The van der Waals surface area contributed by atoms with E-state index in [4.69, 9.17) is 10.5 Å². The van der Waals surface area contributed by atoms with Crippen molar-refractivity contribution in [2.45, 2.75) is 45.8 Å². The third-order valence-electron chi connectivity index (χ3n) is 2.83. The second kappa shape index (κ2) is 4.51. The molecular formula is C12H20N4O2. The number of ether oxygens (including phenoxy) is 1. The summed E-state index contributed by atoms with van der Waals surface area (Å²) >= 11 is 0. The van der Waals surface area contributed by atoms with E-state index in [2.05, 4.69) is 10.2 Å². The Labute approximate surface area is 106 Å². The first-order valence-electron chi connectivity index (χ1n) is 6.16. The minimum Gasteiger partial charge on any atom is -0.444 e. The van der Waals surface area contributed by atoms with E-state index in [1.807, 2.05) is 20.8 Å². The number of amides is 1. The molecule has 18 heavy (non-hydrogen) atoms. The average Bonchev–Trinajstić information content (AvgIpc) is 2.49. The van der Waals surface area contributed by atoms with Crippen LogP contribution in [0.3, 0.4) is 0 Å². The van der Waals surface area contributed by atoms with E-state index in [0.29, 0.717) is 18.9 Å². The fourth-order valence-electron chi connectivity index (χ4n) is 1.99. The number of hydrogen-bond donors (Lipinski definition) is 2. The predicted octanol–water partition coefficient (Wildman–Crippen LogP) is 1.68. The van der Waals surface area contributed by atoms with E-state index in [1.165, 1.54) is 0 Å². The molecule has 6 nitrogen and oxygen atoms in total. The average molecular weight is 252 g/mol. The number of nitrogens with zero attached hydrogens (tertiary/aromatic N) is 2. The van der Waals surface area contributed by atoms with Crippen molar-refractivity contribution >= 4 is 11.9 Å². The van der Waals surface area contributed by atoms with Crippen molar-refractivity contribution in [2.24, 2.45) is 0 Å². The van der Waals surface area contributed by atoms with Gasteiger partial charge in [-0.2, -0.15) is 5.10 Å². The van der Waals surface area contributed by atoms with Crippen LogP contribution in [0.2, 0.25) is 0 Å². The van der Waals surface area contributed by atoms with E-state index in [1.54, 1.807) is 4.90 Å². The van der Waals surface area contributed by atoms with Crippen LogP contribution in [-0.4, -0.2) is 33.3 Å². The van der Waals surface area contributed by atoms with Gasteiger partial charge in [-0.15, -0.1) is 0 Å². The molecule has 0 saturated carbocycles. The monoisotopic (exact) mass is 252 g/mol. The molecule has 0 fully saturated rings. The zero-order valence-corrected chi connectivity index (χ0v) is 11.1. The van der Waals surface area contributed by atoms with Crippen LogP contribution < -0.4 is 5.73 Å². The molecule has 1 aromatic rings. The van der Waals surface area contributed by atoms with Crippen LogP contribution in [0, 0.1) is 0 Å². The fraction of sp³-hybridized carbons (Fsp3) is 0.667. The molecule has 0 radical (unpaired) electrons. The van der Waals surface area contributed by atoms with Crippen molar-refractivity contribution in [3.8, 4) is 0 Å². The van der Waals surface area contributed by atoms with Gasteiger partial charge in [0.25, 0.3) is 0 Å². The summed E-state index contributed by atoms with van der Waals surface area (Å²) in [6.45, 7) is 6.72. The number of anilines is 1. The van der Waals surface area contributed by atoms with Crippen molar-refractivity contribution < 1.29 is 9.53 Å². The number of aromatic amines is 1. The number of nitrogens with one attached hydrogen (secondary N) is 1. The van der Waals surface area contributed by atoms with E-state index in [9.17, 15) is 4.79 Å². The van der Waals surface area contributed by atoms with E-state index in [0.717, 1.165) is 24.1 Å². The highest BCUT2D eigenvalue weighted by Crippen LogP contribution is 2.22. The summed E-state index contributed by atoms with van der Waals surface area (Å²) < 4.78 is 5.38. The second-order valence-corrected chi connectivity index (χ2v) is 5.57. The molecule has 2 rings (SSSR count). The van der Waals surface area contributed by atoms with Crippen molar-refractivity contribution in [3.63, 3.8) is 0 Å². The summed E-state index contributed by atoms with van der Waals surface area (Å²) in [7, 11) is 0. The first-order chi connectivity index (χ1) is 8.37. The molecule has 0 aromatic carbocycles. The molecule has 6 heteroatoms. The van der Waals surface area contributed by atoms with Crippen LogP contribution in [0.5, 0.6) is 0 Å². The topological polar surface area (TPSA) is 84.2 Å². The van der Waals surface area contributed by atoms with Crippen molar-refractivity contribution in [1.82, 2.24) is 15.1 Å². The van der Waals surface area contributed by atoms with Gasteiger partial charge in [0.05, 0.1) is 12.2 Å². The van der Waals surface area contributed by atoms with Gasteiger partial charge >= 0.3 is 6.09 Å². The standard InChI is InChI=1S/C12H20N4O2/c1-12(2,3)18-11(17)16-6-4-5-9-8(7-16)10(13)15-14-9/h4-7H2,1-3H3,(H3,13,14,15). The SMILES string of the molecule is CC(C)(C)OC(=O)N1CCCc2n[nH]c(N)c2C1. The number of hydrogen-bond acceptors (Lipinski definition) is 4. The lowest BCUT2D eigenvalue weighted by atomic mass is 10.2. The van der Waals surface area contributed by atoms with Gasteiger partial charge in [-0.1, -0.05) is 0 Å². The summed E-state index contributed by atoms with van der Waals surface area (Å²) in [5.74, 6) is 0.542. The lowest BCUT2D eigenvalue weighted by Crippen LogP contribution is -2.36. The Hall–Kier alpha value is -1.72. The van der Waals surface area contributed by atoms with Gasteiger partial charge in [0, 0.05) is 12.1 Å². The lowest BCUT2D eigenvalue weighted by Gasteiger charge is -2.26. The molecule has 0 spiro atoms. The van der Waals surface area contributed by atoms with Gasteiger partial charge in [-0.05, 0) is 33.6 Å². The largest absolute Gasteiger partial charge is 0.444 e. The van der Waals surface area contributed by atoms with E-state index >= 15 is 0 Å². The highest BCUT2D eigenvalue weighted by Gasteiger charge is 2.26. The Balaban J connectivity index is 2.12. The number of nitrogen functional groups attached to an aromatic ring is 1. The molecule has 3 N–H and O–H groups in total. The van der Waals surface area contributed by atoms with Crippen molar-refractivity contribution in [2.75, 3.05) is 12.3 Å². The molecule has 2 heterocycles. The quantitative estimate of drug-likeness (QED) is 0.735. The van der Waals surface area contributed by atoms with Crippen molar-refractivity contribution in [1.29, 1.82) is 0 Å². The number of H-pyrrole nitrogens is 1. The van der Waals surface area contributed by atoms with E-state index in [-0.39, 0.29) is 6.09 Å². The van der Waals surface area contributed by atoms with Crippen LogP contribution in [0.1, 0.15) is 38.4 Å². The Morgan fingerprint density at radius 1 is 1.50 bits per heavy atom. The summed E-state index contributed by atoms with van der Waals surface area (Å²) in [5, 5.41) is 6.92. The van der Waals surface area contributed by atoms with Gasteiger partial charge < -0.3 is 15.4 Å². The number of aryl methyl sites for hydroxylation is 1. The molecule has 0 atom stereocenters. The molecule has 100 valence electrons. The highest BCUT2D eigenvalue weighted by molar-refractivity contribution is 5.68. The van der Waals surface area contributed by atoms with Gasteiger partial charge in [0.2, 0.25) is 0 Å². The Morgan fingerprint density at radius 2 is 2.22 bits per heavy atom. The number of nitrogens with two attached hydrogens (primary N) is 1. The summed E-state index contributed by atoms with van der Waals surface area (Å²) in [5.41, 5.74) is 7.22. The van der Waals surface area contributed by atoms with Crippen LogP contribution in [0.25, 0.3) is 0 Å². The number of carbonyl (C=O) groups is 1. The molecule has 1 aliphatic heterocycles. The first-order valence-corrected chi connectivity index (χ1v) is 6.16. The molecule has 1 amide bonds. The Bertz CT molecular complexity index is 447. The highest BCUT2D eigenvalue weighted by atomic mass is 16.6. The lowest BCUT2D eigenvalue weighted by molar-refractivity contribution is 0.0237. The summed E-state index contributed by atoms with van der Waals surface area (Å²) in [4.78, 5) is 13.7. The third kappa shape index (κ3) is 2.75. The van der Waals surface area contributed by atoms with Gasteiger partial charge in [-0.3, -0.25) is 5.10 Å². The molecule has 1 aromatic heterocycles. The number of aromatic nitrogens is 2. The minimum atomic E-state index is -0.478. The van der Waals surface area contributed by atoms with Crippen LogP contribution in [0.4, 0.5) is 10.6 Å². The molecule has 0 aliphatic carbocycles. The zero-order chi connectivity index (χ0) is 13.3. The summed E-state index contributed by atoms with van der Waals surface area (Å²) in [6.07, 6.45) is 1.41. The van der Waals surface area contributed by atoms with Gasteiger partial charge in [0.1, 0.15) is 11.4 Å². The third-order valence-corrected chi connectivity index (χ3v) is 2.83. The maximum absolute atomic E-state index is 12.0. The second-order valence-electron chi connectivity index (χ2n) is 5.57. The molecule has 0 unspecified atom stereocenters. The summed E-state index contributed by atoms with van der Waals surface area (Å²) in [6, 6.07) is 0. The molecule has 1 aliphatic rings. The fourth-order valence-corrected chi connectivity index (χ4v) is 1.99. The maximum Gasteiger partial charge on any atom is 0.410 e. The first kappa shape index (κ1) is 12.7. The minimum absolute atomic E-state index is 0.295. The van der Waals surface area contributed by atoms with Crippen LogP contribution in [0.15, 0.2) is 0 Å².